The van der Waals surface area contributed by atoms with Crippen molar-refractivity contribution < 1.29 is 23.8 Å². The van der Waals surface area contributed by atoms with Crippen LogP contribution in [0, 0.1) is 0 Å². The van der Waals surface area contributed by atoms with Crippen molar-refractivity contribution in [2.75, 3.05) is 46.5 Å². The summed E-state index contributed by atoms with van der Waals surface area (Å²) in [5, 5.41) is 6.50. The summed E-state index contributed by atoms with van der Waals surface area (Å²) in [5.74, 6) is -0.240. The number of halogens is 1. The Morgan fingerprint density at radius 2 is 1.97 bits per heavy atom. The molecule has 2 aromatic carbocycles. The van der Waals surface area contributed by atoms with Gasteiger partial charge in [0.1, 0.15) is 6.61 Å². The van der Waals surface area contributed by atoms with Gasteiger partial charge in [0.15, 0.2) is 11.5 Å². The highest BCUT2D eigenvalue weighted by molar-refractivity contribution is 9.10. The Kier molecular flexibility index (Phi) is 10.3. The molecule has 1 aliphatic heterocycles. The fourth-order valence-corrected chi connectivity index (χ4v) is 3.65. The number of methoxy groups -OCH3 is 1. The maximum absolute atomic E-state index is 11.9. The van der Waals surface area contributed by atoms with Crippen LogP contribution in [0.2, 0.25) is 0 Å². The molecule has 1 saturated heterocycles. The maximum Gasteiger partial charge on any atom is 0.329 e. The van der Waals surface area contributed by atoms with Crippen LogP contribution in [0.4, 0.5) is 0 Å². The molecule has 182 valence electrons. The second-order valence-electron chi connectivity index (χ2n) is 7.59. The van der Waals surface area contributed by atoms with Crippen molar-refractivity contribution in [1.82, 2.24) is 15.6 Å². The van der Waals surface area contributed by atoms with E-state index in [-0.39, 0.29) is 0 Å². The number of ether oxygens (including phenoxy) is 3. The first-order chi connectivity index (χ1) is 16.5. The lowest BCUT2D eigenvalue weighted by atomic mass is 10.1. The Morgan fingerprint density at radius 3 is 2.76 bits per heavy atom. The third-order valence-electron chi connectivity index (χ3n) is 5.10. The average Bonchev–Trinajstić information content (AvgIpc) is 2.86. The smallest absolute Gasteiger partial charge is 0.329 e. The van der Waals surface area contributed by atoms with Gasteiger partial charge in [-0.15, -0.1) is 0 Å². The van der Waals surface area contributed by atoms with Crippen LogP contribution in [0.1, 0.15) is 17.5 Å². The summed E-state index contributed by atoms with van der Waals surface area (Å²) in [5.41, 5.74) is 3.93. The molecule has 0 unspecified atom stereocenters. The second kappa shape index (κ2) is 13.7. The number of carbonyl (C=O) groups excluding carboxylic acids is 2. The highest BCUT2D eigenvalue weighted by atomic mass is 79.9. The number of hydrazone groups is 1. The molecule has 2 aromatic rings. The minimum atomic E-state index is -0.802. The lowest BCUT2D eigenvalue weighted by Crippen LogP contribution is -2.40. The van der Waals surface area contributed by atoms with E-state index in [0.29, 0.717) is 24.7 Å². The first kappa shape index (κ1) is 25.7. The van der Waals surface area contributed by atoms with Crippen molar-refractivity contribution in [2.24, 2.45) is 5.10 Å². The number of rotatable bonds is 10. The van der Waals surface area contributed by atoms with Crippen molar-refractivity contribution >= 4 is 34.0 Å². The largest absolute Gasteiger partial charge is 0.493 e. The molecule has 10 heteroatoms. The lowest BCUT2D eigenvalue weighted by Gasteiger charge is -2.26. The van der Waals surface area contributed by atoms with Crippen LogP contribution in [-0.2, 0) is 20.9 Å². The monoisotopic (exact) mass is 532 g/mol. The average molecular weight is 533 g/mol. The molecule has 1 fully saturated rings. The number of benzene rings is 2. The van der Waals surface area contributed by atoms with E-state index in [2.05, 4.69) is 36.7 Å². The quantitative estimate of drug-likeness (QED) is 0.211. The molecule has 2 N–H and O–H groups in total. The SMILES string of the molecule is COc1ccc(Br)cc1OCc1cccc(/C=N/NC(=O)C(=O)NCCCN2CCOCC2)c1. The lowest BCUT2D eigenvalue weighted by molar-refractivity contribution is -0.139. The molecule has 1 aliphatic rings. The summed E-state index contributed by atoms with van der Waals surface area (Å²) in [4.78, 5) is 26.1. The number of hydrogen-bond donors (Lipinski definition) is 2. The zero-order valence-electron chi connectivity index (χ0n) is 19.1. The summed E-state index contributed by atoms with van der Waals surface area (Å²) in [6, 6.07) is 13.0. The number of carbonyl (C=O) groups is 2. The number of morpholine rings is 1. The van der Waals surface area contributed by atoms with Gasteiger partial charge in [-0.2, -0.15) is 5.10 Å². The summed E-state index contributed by atoms with van der Waals surface area (Å²) in [7, 11) is 1.59. The molecular weight excluding hydrogens is 504 g/mol. The Morgan fingerprint density at radius 1 is 1.15 bits per heavy atom. The Bertz CT molecular complexity index is 995. The van der Waals surface area contributed by atoms with E-state index >= 15 is 0 Å². The van der Waals surface area contributed by atoms with Gasteiger partial charge in [-0.3, -0.25) is 14.5 Å². The van der Waals surface area contributed by atoms with Gasteiger partial charge in [-0.1, -0.05) is 34.1 Å². The van der Waals surface area contributed by atoms with Crippen molar-refractivity contribution in [3.8, 4) is 11.5 Å². The number of amides is 2. The van der Waals surface area contributed by atoms with Crippen molar-refractivity contribution in [1.29, 1.82) is 0 Å². The van der Waals surface area contributed by atoms with Gasteiger partial charge in [0.2, 0.25) is 0 Å². The minimum Gasteiger partial charge on any atom is -0.493 e. The zero-order chi connectivity index (χ0) is 24.2. The second-order valence-corrected chi connectivity index (χ2v) is 8.51. The predicted octanol–water partition coefficient (Wildman–Crippen LogP) is 2.33. The maximum atomic E-state index is 11.9. The molecule has 9 nitrogen and oxygen atoms in total. The van der Waals surface area contributed by atoms with Crippen molar-refractivity contribution in [3.05, 3.63) is 58.1 Å². The molecule has 2 amide bonds. The third kappa shape index (κ3) is 8.44. The van der Waals surface area contributed by atoms with Crippen LogP contribution >= 0.6 is 15.9 Å². The van der Waals surface area contributed by atoms with Crippen LogP contribution in [0.3, 0.4) is 0 Å². The van der Waals surface area contributed by atoms with Gasteiger partial charge in [-0.05, 0) is 48.4 Å². The molecule has 0 spiro atoms. The standard InChI is InChI=1S/C24H29BrN4O5/c1-32-21-7-6-20(25)15-22(21)34-17-19-5-2-4-18(14-19)16-27-28-24(31)23(30)26-8-3-9-29-10-12-33-13-11-29/h2,4-7,14-16H,3,8-13,17H2,1H3,(H,26,30)(H,28,31)/b27-16+. The van der Waals surface area contributed by atoms with E-state index in [1.165, 1.54) is 6.21 Å². The normalized spacial score (nSPS) is 14.1. The topological polar surface area (TPSA) is 101 Å². The molecule has 0 radical (unpaired) electrons. The minimum absolute atomic E-state index is 0.327. The van der Waals surface area contributed by atoms with E-state index in [4.69, 9.17) is 14.2 Å². The van der Waals surface area contributed by atoms with Gasteiger partial charge < -0.3 is 19.5 Å². The molecule has 0 aromatic heterocycles. The van der Waals surface area contributed by atoms with Gasteiger partial charge in [0.05, 0.1) is 26.5 Å². The van der Waals surface area contributed by atoms with Gasteiger partial charge in [-0.25, -0.2) is 5.43 Å². The van der Waals surface area contributed by atoms with Crippen molar-refractivity contribution in [2.45, 2.75) is 13.0 Å². The highest BCUT2D eigenvalue weighted by Crippen LogP contribution is 2.30. The molecule has 0 atom stereocenters. The summed E-state index contributed by atoms with van der Waals surface area (Å²) in [6.07, 6.45) is 2.25. The van der Waals surface area contributed by atoms with E-state index in [0.717, 1.165) is 54.9 Å². The zero-order valence-corrected chi connectivity index (χ0v) is 20.7. The summed E-state index contributed by atoms with van der Waals surface area (Å²) >= 11 is 3.43. The van der Waals surface area contributed by atoms with Crippen LogP contribution < -0.4 is 20.2 Å². The molecule has 34 heavy (non-hydrogen) atoms. The molecule has 1 heterocycles. The molecule has 0 aliphatic carbocycles. The van der Waals surface area contributed by atoms with E-state index in [1.54, 1.807) is 7.11 Å². The fraction of sp³-hybridized carbons (Fsp3) is 0.375. The number of hydrogen-bond acceptors (Lipinski definition) is 7. The van der Waals surface area contributed by atoms with Crippen LogP contribution in [-0.4, -0.2) is 69.4 Å². The first-order valence-electron chi connectivity index (χ1n) is 11.0. The van der Waals surface area contributed by atoms with Crippen molar-refractivity contribution in [3.63, 3.8) is 0 Å². The summed E-state index contributed by atoms with van der Waals surface area (Å²) < 4.78 is 17.4. The Hall–Kier alpha value is -2.95. The highest BCUT2D eigenvalue weighted by Gasteiger charge is 2.13. The van der Waals surface area contributed by atoms with Gasteiger partial charge >= 0.3 is 11.8 Å². The van der Waals surface area contributed by atoms with Crippen LogP contribution in [0.25, 0.3) is 0 Å². The fourth-order valence-electron chi connectivity index (χ4n) is 3.31. The molecule has 3 rings (SSSR count). The van der Waals surface area contributed by atoms with Crippen LogP contribution in [0.15, 0.2) is 52.0 Å². The van der Waals surface area contributed by atoms with Gasteiger partial charge in [0, 0.05) is 24.1 Å². The Balaban J connectivity index is 1.41. The first-order valence-corrected chi connectivity index (χ1v) is 11.8. The van der Waals surface area contributed by atoms with E-state index in [9.17, 15) is 9.59 Å². The van der Waals surface area contributed by atoms with E-state index < -0.39 is 11.8 Å². The molecule has 0 saturated carbocycles. The van der Waals surface area contributed by atoms with Gasteiger partial charge in [0.25, 0.3) is 0 Å². The number of nitrogens with zero attached hydrogens (tertiary/aromatic N) is 2. The predicted molar refractivity (Wildman–Crippen MR) is 132 cm³/mol. The molecule has 0 bridgehead atoms. The number of nitrogens with one attached hydrogen (secondary N) is 2. The van der Waals surface area contributed by atoms with E-state index in [1.807, 2.05) is 42.5 Å². The molecular formula is C24H29BrN4O5. The van der Waals surface area contributed by atoms with Crippen LogP contribution in [0.5, 0.6) is 11.5 Å². The summed E-state index contributed by atoms with van der Waals surface area (Å²) in [6.45, 7) is 4.89. The Labute approximate surface area is 207 Å². The third-order valence-corrected chi connectivity index (χ3v) is 5.59.